The summed E-state index contributed by atoms with van der Waals surface area (Å²) in [5, 5.41) is 6.26. The number of rotatable bonds is 7. The Balaban J connectivity index is 1.42. The van der Waals surface area contributed by atoms with Gasteiger partial charge in [0.15, 0.2) is 0 Å². The number of amides is 2. The number of nitrogens with zero attached hydrogens (tertiary/aromatic N) is 1. The summed E-state index contributed by atoms with van der Waals surface area (Å²) < 4.78 is 56.6. The van der Waals surface area contributed by atoms with Gasteiger partial charge in [-0.3, -0.25) is 14.5 Å². The molecule has 9 heteroatoms. The molecule has 1 aliphatic heterocycles. The summed E-state index contributed by atoms with van der Waals surface area (Å²) in [6.07, 6.45) is 0.334. The number of aryl methyl sites for hydroxylation is 1. The van der Waals surface area contributed by atoms with Crippen molar-refractivity contribution in [2.24, 2.45) is 5.92 Å². The quantitative estimate of drug-likeness (QED) is 0.201. The highest BCUT2D eigenvalue weighted by atomic mass is 19.4. The van der Waals surface area contributed by atoms with Gasteiger partial charge in [-0.1, -0.05) is 68.3 Å². The summed E-state index contributed by atoms with van der Waals surface area (Å²) in [5.74, 6) is -2.76. The van der Waals surface area contributed by atoms with E-state index in [4.69, 9.17) is 0 Å². The van der Waals surface area contributed by atoms with Crippen molar-refractivity contribution < 1.29 is 27.2 Å². The number of anilines is 3. The third-order valence-electron chi connectivity index (χ3n) is 9.05. The largest absolute Gasteiger partial charge is 0.416 e. The number of benzene rings is 4. The third kappa shape index (κ3) is 6.36. The molecule has 0 bridgehead atoms. The highest BCUT2D eigenvalue weighted by molar-refractivity contribution is 6.08. The molecule has 0 aromatic heterocycles. The zero-order valence-corrected chi connectivity index (χ0v) is 25.4. The van der Waals surface area contributed by atoms with Crippen molar-refractivity contribution in [2.75, 3.05) is 15.5 Å². The van der Waals surface area contributed by atoms with Crippen molar-refractivity contribution in [1.82, 2.24) is 0 Å². The Hall–Kier alpha value is -4.66. The van der Waals surface area contributed by atoms with Crippen molar-refractivity contribution in [3.05, 3.63) is 125 Å². The first-order chi connectivity index (χ1) is 22.1. The summed E-state index contributed by atoms with van der Waals surface area (Å²) in [5.41, 5.74) is 1.99. The minimum atomic E-state index is -4.59. The lowest BCUT2D eigenvalue weighted by atomic mass is 9.80. The van der Waals surface area contributed by atoms with Gasteiger partial charge < -0.3 is 10.6 Å². The fourth-order valence-electron chi connectivity index (χ4n) is 6.76. The van der Waals surface area contributed by atoms with Gasteiger partial charge in [0.05, 0.1) is 23.1 Å². The molecule has 2 amide bonds. The van der Waals surface area contributed by atoms with E-state index in [0.717, 1.165) is 24.6 Å². The molecule has 46 heavy (non-hydrogen) atoms. The molecule has 0 unspecified atom stereocenters. The molecule has 2 N–H and O–H groups in total. The summed E-state index contributed by atoms with van der Waals surface area (Å²) in [4.78, 5) is 29.8. The molecule has 4 aromatic rings. The Labute approximate surface area is 265 Å². The van der Waals surface area contributed by atoms with Crippen molar-refractivity contribution in [2.45, 2.75) is 63.7 Å². The molecule has 1 heterocycles. The first-order valence-electron chi connectivity index (χ1n) is 15.7. The average Bonchev–Trinajstić information content (AvgIpc) is 3.57. The summed E-state index contributed by atoms with van der Waals surface area (Å²) in [6.45, 7) is 1.64. The molecule has 6 rings (SSSR count). The summed E-state index contributed by atoms with van der Waals surface area (Å²) >= 11 is 0. The van der Waals surface area contributed by atoms with E-state index in [1.807, 2.05) is 24.3 Å². The van der Waals surface area contributed by atoms with Crippen LogP contribution in [0.3, 0.4) is 0 Å². The van der Waals surface area contributed by atoms with E-state index in [2.05, 4.69) is 10.6 Å². The molecule has 2 atom stereocenters. The third-order valence-corrected chi connectivity index (χ3v) is 9.05. The molecular weight excluding hydrogens is 594 g/mol. The number of hydrogen-bond donors (Lipinski definition) is 2. The maximum atomic E-state index is 15.1. The summed E-state index contributed by atoms with van der Waals surface area (Å²) in [6, 6.07) is 23.7. The van der Waals surface area contributed by atoms with Gasteiger partial charge >= 0.3 is 6.18 Å². The van der Waals surface area contributed by atoms with Crippen LogP contribution < -0.4 is 15.5 Å². The van der Waals surface area contributed by atoms with Gasteiger partial charge in [0.2, 0.25) is 5.91 Å². The van der Waals surface area contributed by atoms with Gasteiger partial charge in [-0.25, -0.2) is 4.39 Å². The molecule has 4 aromatic carbocycles. The minimum Gasteiger partial charge on any atom is -0.382 e. The van der Waals surface area contributed by atoms with E-state index in [1.165, 1.54) is 48.1 Å². The topological polar surface area (TPSA) is 61.4 Å². The molecule has 238 valence electrons. The Bertz CT molecular complexity index is 1730. The Kier molecular flexibility index (Phi) is 8.84. The number of alkyl halides is 3. The Morgan fingerprint density at radius 2 is 1.54 bits per heavy atom. The van der Waals surface area contributed by atoms with Crippen molar-refractivity contribution in [3.8, 4) is 0 Å². The van der Waals surface area contributed by atoms with Crippen LogP contribution >= 0.6 is 0 Å². The van der Waals surface area contributed by atoms with Crippen molar-refractivity contribution in [1.29, 1.82) is 0 Å². The lowest BCUT2D eigenvalue weighted by Gasteiger charge is -2.42. The van der Waals surface area contributed by atoms with Crippen molar-refractivity contribution >= 4 is 28.9 Å². The van der Waals surface area contributed by atoms with Crippen LogP contribution in [0.25, 0.3) is 0 Å². The van der Waals surface area contributed by atoms with E-state index in [-0.39, 0.29) is 29.7 Å². The van der Waals surface area contributed by atoms with E-state index in [0.29, 0.717) is 22.9 Å². The van der Waals surface area contributed by atoms with Gasteiger partial charge in [-0.15, -0.1) is 0 Å². The Morgan fingerprint density at radius 3 is 2.24 bits per heavy atom. The number of carbonyl (C=O) groups is 2. The maximum absolute atomic E-state index is 15.1. The van der Waals surface area contributed by atoms with Gasteiger partial charge in [-0.05, 0) is 84.8 Å². The maximum Gasteiger partial charge on any atom is 0.416 e. The molecule has 1 fully saturated rings. The molecular formula is C37H35F4N3O2. The predicted molar refractivity (Wildman–Crippen MR) is 171 cm³/mol. The number of nitrogens with one attached hydrogen (secondary N) is 2. The zero-order chi connectivity index (χ0) is 32.4. The van der Waals surface area contributed by atoms with Crippen molar-refractivity contribution in [3.63, 3.8) is 0 Å². The van der Waals surface area contributed by atoms with E-state index in [9.17, 15) is 22.8 Å². The smallest absolute Gasteiger partial charge is 0.382 e. The first kappa shape index (κ1) is 31.3. The van der Waals surface area contributed by atoms with Gasteiger partial charge in [0.1, 0.15) is 5.82 Å². The lowest BCUT2D eigenvalue weighted by molar-refractivity contribution is -0.138. The number of para-hydroxylation sites is 1. The molecule has 5 nitrogen and oxygen atoms in total. The molecule has 1 aliphatic carbocycles. The second-order valence-electron chi connectivity index (χ2n) is 12.0. The van der Waals surface area contributed by atoms with Gasteiger partial charge in [-0.2, -0.15) is 13.2 Å². The molecule has 0 spiro atoms. The molecule has 2 aliphatic rings. The van der Waals surface area contributed by atoms with Crippen LogP contribution in [0, 0.1) is 11.7 Å². The fraction of sp³-hybridized carbons (Fsp3) is 0.297. The van der Waals surface area contributed by atoms with Gasteiger partial charge in [0, 0.05) is 23.1 Å². The van der Waals surface area contributed by atoms with Crippen LogP contribution in [0.2, 0.25) is 0 Å². The van der Waals surface area contributed by atoms with Crippen LogP contribution in [0.5, 0.6) is 0 Å². The van der Waals surface area contributed by atoms with Crippen LogP contribution in [-0.2, 0) is 23.8 Å². The predicted octanol–water partition coefficient (Wildman–Crippen LogP) is 8.96. The van der Waals surface area contributed by atoms with E-state index in [1.54, 1.807) is 37.3 Å². The molecule has 1 saturated carbocycles. The SMILES string of the molecule is CCc1ccc(NC(=O)[C@H]2Cc3ccccc3N(C(=O)c3ccccc3F)[C@H]2c2ccc(NC3CCCC3)cc2)cc1C(F)(F)F. The van der Waals surface area contributed by atoms with E-state index >= 15 is 4.39 Å². The van der Waals surface area contributed by atoms with Gasteiger partial charge in [0.25, 0.3) is 5.91 Å². The van der Waals surface area contributed by atoms with Crippen LogP contribution in [0.15, 0.2) is 91.0 Å². The standard InChI is InChI=1S/C37H35F4N3O2/c1-2-23-15-20-28(22-31(23)37(39,40)41)43-35(45)30-21-25-9-3-8-14-33(25)44(36(46)29-12-6-7-13-32(29)38)34(30)24-16-18-27(19-17-24)42-26-10-4-5-11-26/h3,6-9,12-20,22,26,30,34,42H,2,4-5,10-11,21H2,1H3,(H,43,45)/t30-,34-/m0/s1. The zero-order valence-electron chi connectivity index (χ0n) is 25.4. The normalized spacial score (nSPS) is 18.2. The van der Waals surface area contributed by atoms with Crippen LogP contribution in [0.4, 0.5) is 34.6 Å². The highest BCUT2D eigenvalue weighted by Gasteiger charge is 2.43. The minimum absolute atomic E-state index is 0.00947. The first-order valence-corrected chi connectivity index (χ1v) is 15.7. The average molecular weight is 630 g/mol. The highest BCUT2D eigenvalue weighted by Crippen LogP contribution is 2.44. The number of fused-ring (bicyclic) bond motifs is 1. The summed E-state index contributed by atoms with van der Waals surface area (Å²) in [7, 11) is 0. The molecule has 0 saturated heterocycles. The number of hydrogen-bond acceptors (Lipinski definition) is 3. The number of carbonyl (C=O) groups excluding carboxylic acids is 2. The lowest BCUT2D eigenvalue weighted by Crippen LogP contribution is -2.47. The number of halogens is 4. The monoisotopic (exact) mass is 629 g/mol. The second kappa shape index (κ2) is 13.0. The fourth-order valence-corrected chi connectivity index (χ4v) is 6.76. The molecule has 0 radical (unpaired) electrons. The second-order valence-corrected chi connectivity index (χ2v) is 12.0. The Morgan fingerprint density at radius 1 is 0.870 bits per heavy atom. The van der Waals surface area contributed by atoms with Crippen LogP contribution in [0.1, 0.15) is 71.3 Å². The van der Waals surface area contributed by atoms with E-state index < -0.39 is 41.3 Å². The van der Waals surface area contributed by atoms with Crippen LogP contribution in [-0.4, -0.2) is 17.9 Å².